The van der Waals surface area contributed by atoms with Gasteiger partial charge in [0.05, 0.1) is 36.1 Å². The Bertz CT molecular complexity index is 1580. The lowest BCUT2D eigenvalue weighted by atomic mass is 10.2. The van der Waals surface area contributed by atoms with Crippen molar-refractivity contribution in [1.82, 2.24) is 48.8 Å². The minimum atomic E-state index is -3.47. The Balaban J connectivity index is 1.20. The van der Waals surface area contributed by atoms with Crippen LogP contribution in [0.15, 0.2) is 66.2 Å². The van der Waals surface area contributed by atoms with E-state index in [9.17, 15) is 8.42 Å². The van der Waals surface area contributed by atoms with Crippen LogP contribution in [0.4, 0.5) is 0 Å². The van der Waals surface area contributed by atoms with Crippen LogP contribution in [0.1, 0.15) is 24.2 Å². The molecule has 1 aliphatic rings. The zero-order valence-electron chi connectivity index (χ0n) is 19.4. The predicted molar refractivity (Wildman–Crippen MR) is 130 cm³/mol. The van der Waals surface area contributed by atoms with Gasteiger partial charge in [-0.2, -0.15) is 19.2 Å². The second-order valence-corrected chi connectivity index (χ2v) is 10.6. The van der Waals surface area contributed by atoms with E-state index >= 15 is 0 Å². The molecule has 0 unspecified atom stereocenters. The van der Waals surface area contributed by atoms with Crippen molar-refractivity contribution in [3.05, 3.63) is 72.7 Å². The van der Waals surface area contributed by atoms with E-state index in [2.05, 4.69) is 30.5 Å². The molecule has 0 amide bonds. The number of fused-ring (bicyclic) bond motifs is 1. The molecule has 0 saturated carbocycles. The summed E-state index contributed by atoms with van der Waals surface area (Å²) < 4.78 is 32.5. The van der Waals surface area contributed by atoms with Gasteiger partial charge in [0.2, 0.25) is 10.0 Å². The van der Waals surface area contributed by atoms with Crippen LogP contribution in [-0.4, -0.2) is 70.3 Å². The molecule has 0 N–H and O–H groups in total. The Morgan fingerprint density at radius 1 is 0.944 bits per heavy atom. The van der Waals surface area contributed by atoms with Gasteiger partial charge in [-0.15, -0.1) is 5.10 Å². The summed E-state index contributed by atoms with van der Waals surface area (Å²) in [7, 11) is -3.47. The maximum Gasteiger partial charge on any atom is 0.243 e. The third kappa shape index (κ3) is 4.38. The zero-order valence-corrected chi connectivity index (χ0v) is 20.2. The van der Waals surface area contributed by atoms with Crippen molar-refractivity contribution in [2.45, 2.75) is 37.2 Å². The van der Waals surface area contributed by atoms with Crippen LogP contribution in [-0.2, 0) is 29.5 Å². The molecule has 0 radical (unpaired) electrons. The highest BCUT2D eigenvalue weighted by Crippen LogP contribution is 2.23. The van der Waals surface area contributed by atoms with Crippen molar-refractivity contribution in [3.63, 3.8) is 0 Å². The van der Waals surface area contributed by atoms with E-state index in [0.29, 0.717) is 48.7 Å². The monoisotopic (exact) mass is 504 g/mol. The Morgan fingerprint density at radius 2 is 1.75 bits per heavy atom. The molecule has 5 aromatic rings. The van der Waals surface area contributed by atoms with Gasteiger partial charge >= 0.3 is 0 Å². The first-order chi connectivity index (χ1) is 17.6. The first-order valence-electron chi connectivity index (χ1n) is 11.7. The van der Waals surface area contributed by atoms with Crippen LogP contribution in [0.5, 0.6) is 0 Å². The van der Waals surface area contributed by atoms with Crippen molar-refractivity contribution in [1.29, 1.82) is 0 Å². The molecule has 6 rings (SSSR count). The van der Waals surface area contributed by atoms with Gasteiger partial charge in [0.25, 0.3) is 0 Å². The van der Waals surface area contributed by atoms with E-state index < -0.39 is 10.0 Å². The van der Waals surface area contributed by atoms with Gasteiger partial charge in [0.1, 0.15) is 5.82 Å². The van der Waals surface area contributed by atoms with Gasteiger partial charge < -0.3 is 0 Å². The minimum absolute atomic E-state index is 0.275. The lowest BCUT2D eigenvalue weighted by Crippen LogP contribution is -2.27. The number of aryl methyl sites for hydroxylation is 2. The minimum Gasteiger partial charge on any atom is -0.271 e. The molecule has 4 aromatic heterocycles. The molecule has 13 heteroatoms. The molecular weight excluding hydrogens is 480 g/mol. The van der Waals surface area contributed by atoms with Crippen LogP contribution in [0.2, 0.25) is 0 Å². The van der Waals surface area contributed by atoms with Crippen LogP contribution in [0, 0.1) is 0 Å². The molecule has 36 heavy (non-hydrogen) atoms. The van der Waals surface area contributed by atoms with E-state index in [0.717, 1.165) is 24.9 Å². The molecule has 5 heterocycles. The summed E-state index contributed by atoms with van der Waals surface area (Å²) in [6, 6.07) is 8.56. The molecule has 0 atom stereocenters. The normalized spacial score (nSPS) is 14.7. The van der Waals surface area contributed by atoms with E-state index in [1.54, 1.807) is 41.3 Å². The van der Waals surface area contributed by atoms with Crippen molar-refractivity contribution >= 4 is 21.2 Å². The Hall–Kier alpha value is -3.97. The maximum absolute atomic E-state index is 12.8. The second-order valence-electron chi connectivity index (χ2n) is 8.66. The first kappa shape index (κ1) is 22.5. The fourth-order valence-corrected chi connectivity index (χ4v) is 5.82. The zero-order chi connectivity index (χ0) is 24.5. The van der Waals surface area contributed by atoms with Crippen molar-refractivity contribution in [2.24, 2.45) is 0 Å². The number of hydrogen-bond acceptors (Lipinski definition) is 8. The van der Waals surface area contributed by atoms with E-state index in [4.69, 9.17) is 0 Å². The van der Waals surface area contributed by atoms with Gasteiger partial charge in [0, 0.05) is 38.1 Å². The average Bonchev–Trinajstić information content (AvgIpc) is 3.70. The fraction of sp³-hybridized carbons (Fsp3) is 0.304. The van der Waals surface area contributed by atoms with Gasteiger partial charge in [0.15, 0.2) is 11.2 Å². The van der Waals surface area contributed by atoms with E-state index in [1.165, 1.54) is 4.31 Å². The number of rotatable bonds is 8. The number of hydrogen-bond donors (Lipinski definition) is 0. The molecule has 1 aliphatic heterocycles. The van der Waals surface area contributed by atoms with Crippen LogP contribution in [0.3, 0.4) is 0 Å². The van der Waals surface area contributed by atoms with Crippen LogP contribution >= 0.6 is 0 Å². The smallest absolute Gasteiger partial charge is 0.243 e. The number of benzene rings is 1. The predicted octanol–water partition coefficient (Wildman–Crippen LogP) is 1.68. The second kappa shape index (κ2) is 9.24. The lowest BCUT2D eigenvalue weighted by molar-refractivity contribution is 0.477. The molecule has 184 valence electrons. The number of aromatic nitrogens is 9. The Morgan fingerprint density at radius 3 is 2.53 bits per heavy atom. The molecule has 12 nitrogen and oxygen atoms in total. The topological polar surface area (TPSA) is 130 Å². The van der Waals surface area contributed by atoms with Crippen molar-refractivity contribution < 1.29 is 8.42 Å². The van der Waals surface area contributed by atoms with Crippen molar-refractivity contribution in [2.75, 3.05) is 13.1 Å². The first-order valence-corrected chi connectivity index (χ1v) is 13.2. The largest absolute Gasteiger partial charge is 0.271 e. The van der Waals surface area contributed by atoms with Crippen LogP contribution < -0.4 is 0 Å². The van der Waals surface area contributed by atoms with Gasteiger partial charge in [-0.05, 0) is 48.7 Å². The summed E-state index contributed by atoms with van der Waals surface area (Å²) in [5.41, 5.74) is 2.78. The molecule has 1 aromatic carbocycles. The highest BCUT2D eigenvalue weighted by atomic mass is 32.2. The summed E-state index contributed by atoms with van der Waals surface area (Å²) in [6.45, 7) is 2.59. The number of nitrogens with zero attached hydrogens (tertiary/aromatic N) is 10. The third-order valence-corrected chi connectivity index (χ3v) is 8.11. The third-order valence-electron chi connectivity index (χ3n) is 6.19. The van der Waals surface area contributed by atoms with Crippen LogP contribution in [0.25, 0.3) is 16.9 Å². The SMILES string of the molecule is O=S(=O)(c1ccc(-n2nnc3cnc(Cc4cnn(CCn5cccn5)c4)nc32)cc1)N1CCCC1. The summed E-state index contributed by atoms with van der Waals surface area (Å²) in [4.78, 5) is 9.39. The summed E-state index contributed by atoms with van der Waals surface area (Å²) in [5, 5.41) is 17.0. The molecular formula is C23H24N10O2S. The molecule has 1 saturated heterocycles. The molecule has 1 fully saturated rings. The molecule has 0 aliphatic carbocycles. The highest BCUT2D eigenvalue weighted by Gasteiger charge is 2.27. The standard InChI is InChI=1S/C23H24N10O2S/c34-36(35,32-10-1-2-11-32)20-6-4-19(5-7-20)33-23-21(28-29-33)16-24-22(27-23)14-18-15-26-31(17-18)13-12-30-9-3-8-25-30/h3-9,15-17H,1-2,10-14H2. The Kier molecular flexibility index (Phi) is 5.77. The van der Waals surface area contributed by atoms with Gasteiger partial charge in [-0.3, -0.25) is 9.36 Å². The van der Waals surface area contributed by atoms with Gasteiger partial charge in [-0.25, -0.2) is 18.4 Å². The maximum atomic E-state index is 12.8. The number of sulfonamides is 1. The summed E-state index contributed by atoms with van der Waals surface area (Å²) in [6.07, 6.45) is 11.4. The quantitative estimate of drug-likeness (QED) is 0.312. The van der Waals surface area contributed by atoms with E-state index in [-0.39, 0.29) is 4.90 Å². The fourth-order valence-electron chi connectivity index (χ4n) is 4.30. The Labute approximate surface area is 207 Å². The van der Waals surface area contributed by atoms with Crippen molar-refractivity contribution in [3.8, 4) is 5.69 Å². The molecule has 0 spiro atoms. The van der Waals surface area contributed by atoms with Gasteiger partial charge in [-0.1, -0.05) is 5.21 Å². The summed E-state index contributed by atoms with van der Waals surface area (Å²) in [5.74, 6) is 0.617. The summed E-state index contributed by atoms with van der Waals surface area (Å²) >= 11 is 0. The van der Waals surface area contributed by atoms with E-state index in [1.807, 2.05) is 34.0 Å². The lowest BCUT2D eigenvalue weighted by Gasteiger charge is -2.15. The average molecular weight is 505 g/mol. The highest BCUT2D eigenvalue weighted by molar-refractivity contribution is 7.89. The molecule has 0 bridgehead atoms.